The second-order valence-electron chi connectivity index (χ2n) is 5.79. The first-order valence-electron chi connectivity index (χ1n) is 7.53. The normalized spacial score (nSPS) is 16.3. The number of benzene rings is 2. The van der Waals surface area contributed by atoms with Crippen molar-refractivity contribution in [1.29, 1.82) is 0 Å². The number of nitrogens with one attached hydrogen (secondary N) is 1. The van der Waals surface area contributed by atoms with Gasteiger partial charge in [-0.3, -0.25) is 4.99 Å². The first kappa shape index (κ1) is 15.0. The van der Waals surface area contributed by atoms with E-state index in [1.165, 1.54) is 23.3 Å². The molecular formula is C18H21N3S. The minimum Gasteiger partial charge on any atom is -0.370 e. The lowest BCUT2D eigenvalue weighted by molar-refractivity contribution is 0.897. The molecule has 0 heterocycles. The van der Waals surface area contributed by atoms with Crippen LogP contribution in [0.1, 0.15) is 18.4 Å². The van der Waals surface area contributed by atoms with E-state index in [0.717, 1.165) is 12.2 Å². The number of rotatable bonds is 5. The predicted octanol–water partition coefficient (Wildman–Crippen LogP) is 4.05. The van der Waals surface area contributed by atoms with Gasteiger partial charge in [-0.2, -0.15) is 0 Å². The number of anilines is 1. The van der Waals surface area contributed by atoms with E-state index in [-0.39, 0.29) is 4.75 Å². The van der Waals surface area contributed by atoms with Gasteiger partial charge >= 0.3 is 0 Å². The van der Waals surface area contributed by atoms with Crippen LogP contribution in [0.3, 0.4) is 0 Å². The summed E-state index contributed by atoms with van der Waals surface area (Å²) in [6, 6.07) is 18.7. The van der Waals surface area contributed by atoms with E-state index in [1.54, 1.807) is 0 Å². The molecule has 2 aromatic carbocycles. The van der Waals surface area contributed by atoms with Crippen molar-refractivity contribution in [3.63, 3.8) is 0 Å². The first-order chi connectivity index (χ1) is 10.7. The molecule has 22 heavy (non-hydrogen) atoms. The van der Waals surface area contributed by atoms with Gasteiger partial charge in [-0.1, -0.05) is 35.9 Å². The zero-order valence-electron chi connectivity index (χ0n) is 12.8. The molecule has 0 spiro atoms. The molecule has 1 saturated carbocycles. The smallest absolute Gasteiger partial charge is 0.193 e. The molecule has 1 aliphatic carbocycles. The minimum absolute atomic E-state index is 0.237. The number of aliphatic imine (C=N–C) groups is 1. The summed E-state index contributed by atoms with van der Waals surface area (Å²) in [5.74, 6) is 0.490. The SMILES string of the molecule is Cc1ccc(NC(N)=NCC2(Sc3ccccc3)CC2)cc1. The molecule has 2 aromatic rings. The molecule has 0 amide bonds. The fourth-order valence-electron chi connectivity index (χ4n) is 2.22. The maximum Gasteiger partial charge on any atom is 0.193 e. The maximum atomic E-state index is 6.00. The molecule has 1 fully saturated rings. The number of hydrogen-bond donors (Lipinski definition) is 2. The van der Waals surface area contributed by atoms with Gasteiger partial charge in [-0.25, -0.2) is 0 Å². The van der Waals surface area contributed by atoms with E-state index < -0.39 is 0 Å². The Labute approximate surface area is 136 Å². The Hall–Kier alpha value is -1.94. The quantitative estimate of drug-likeness (QED) is 0.647. The number of thioether (sulfide) groups is 1. The molecule has 0 saturated heterocycles. The highest BCUT2D eigenvalue weighted by molar-refractivity contribution is 8.01. The third kappa shape index (κ3) is 4.04. The fraction of sp³-hybridized carbons (Fsp3) is 0.278. The van der Waals surface area contributed by atoms with E-state index >= 15 is 0 Å². The van der Waals surface area contributed by atoms with Gasteiger partial charge in [0.05, 0.1) is 6.54 Å². The van der Waals surface area contributed by atoms with E-state index in [1.807, 2.05) is 30.0 Å². The Bertz CT molecular complexity index is 646. The number of hydrogen-bond acceptors (Lipinski definition) is 2. The third-order valence-electron chi connectivity index (χ3n) is 3.75. The van der Waals surface area contributed by atoms with Crippen molar-refractivity contribution in [2.45, 2.75) is 29.4 Å². The van der Waals surface area contributed by atoms with Gasteiger partial charge in [-0.15, -0.1) is 11.8 Å². The Balaban J connectivity index is 1.57. The van der Waals surface area contributed by atoms with Gasteiger partial charge in [0.25, 0.3) is 0 Å². The molecule has 4 heteroatoms. The largest absolute Gasteiger partial charge is 0.370 e. The maximum absolute atomic E-state index is 6.00. The van der Waals surface area contributed by atoms with Crippen molar-refractivity contribution < 1.29 is 0 Å². The summed E-state index contributed by atoms with van der Waals surface area (Å²) in [4.78, 5) is 5.84. The van der Waals surface area contributed by atoms with Crippen molar-refractivity contribution in [2.75, 3.05) is 11.9 Å². The van der Waals surface area contributed by atoms with Crippen molar-refractivity contribution in [2.24, 2.45) is 10.7 Å². The third-order valence-corrected chi connectivity index (χ3v) is 5.23. The lowest BCUT2D eigenvalue weighted by Crippen LogP contribution is -2.24. The zero-order chi connectivity index (χ0) is 15.4. The fourth-order valence-corrected chi connectivity index (χ4v) is 3.45. The van der Waals surface area contributed by atoms with E-state index in [9.17, 15) is 0 Å². The average molecular weight is 311 g/mol. The molecule has 114 valence electrons. The van der Waals surface area contributed by atoms with Crippen molar-refractivity contribution in [3.8, 4) is 0 Å². The van der Waals surface area contributed by atoms with Crippen LogP contribution in [0.5, 0.6) is 0 Å². The molecule has 0 aromatic heterocycles. The molecular weight excluding hydrogens is 290 g/mol. The average Bonchev–Trinajstić information content (AvgIpc) is 3.29. The van der Waals surface area contributed by atoms with E-state index in [0.29, 0.717) is 5.96 Å². The highest BCUT2D eigenvalue weighted by Crippen LogP contribution is 2.51. The predicted molar refractivity (Wildman–Crippen MR) is 95.6 cm³/mol. The molecule has 0 radical (unpaired) electrons. The van der Waals surface area contributed by atoms with Gasteiger partial charge in [0.2, 0.25) is 0 Å². The summed E-state index contributed by atoms with van der Waals surface area (Å²) in [6.45, 7) is 2.83. The zero-order valence-corrected chi connectivity index (χ0v) is 13.6. The highest BCUT2D eigenvalue weighted by Gasteiger charge is 2.43. The van der Waals surface area contributed by atoms with Crippen LogP contribution in [0.4, 0.5) is 5.69 Å². The van der Waals surface area contributed by atoms with Crippen LogP contribution in [-0.2, 0) is 0 Å². The summed E-state index contributed by atoms with van der Waals surface area (Å²) in [6.07, 6.45) is 2.40. The molecule has 0 atom stereocenters. The number of aryl methyl sites for hydroxylation is 1. The van der Waals surface area contributed by atoms with Gasteiger partial charge < -0.3 is 11.1 Å². The van der Waals surface area contributed by atoms with Crippen molar-refractivity contribution in [1.82, 2.24) is 0 Å². The number of guanidine groups is 1. The monoisotopic (exact) mass is 311 g/mol. The first-order valence-corrected chi connectivity index (χ1v) is 8.35. The highest BCUT2D eigenvalue weighted by atomic mass is 32.2. The van der Waals surface area contributed by atoms with Crippen LogP contribution in [0.25, 0.3) is 0 Å². The number of nitrogens with zero attached hydrogens (tertiary/aromatic N) is 1. The van der Waals surface area contributed by atoms with E-state index in [2.05, 4.69) is 53.6 Å². The van der Waals surface area contributed by atoms with Crippen LogP contribution in [-0.4, -0.2) is 17.3 Å². The van der Waals surface area contributed by atoms with Crippen molar-refractivity contribution in [3.05, 3.63) is 60.2 Å². The van der Waals surface area contributed by atoms with Crippen molar-refractivity contribution >= 4 is 23.4 Å². The summed E-state index contributed by atoms with van der Waals surface area (Å²) >= 11 is 1.92. The van der Waals surface area contributed by atoms with Gasteiger partial charge in [-0.05, 0) is 44.0 Å². The van der Waals surface area contributed by atoms with Gasteiger partial charge in [0, 0.05) is 15.3 Å². The summed E-state index contributed by atoms with van der Waals surface area (Å²) < 4.78 is 0.237. The Kier molecular flexibility index (Phi) is 4.39. The topological polar surface area (TPSA) is 50.4 Å². The molecule has 0 aliphatic heterocycles. The molecule has 3 N–H and O–H groups in total. The molecule has 0 bridgehead atoms. The van der Waals surface area contributed by atoms with Crippen LogP contribution in [0, 0.1) is 6.92 Å². The lowest BCUT2D eigenvalue weighted by Gasteiger charge is -2.13. The van der Waals surface area contributed by atoms with Crippen LogP contribution >= 0.6 is 11.8 Å². The van der Waals surface area contributed by atoms with Crippen LogP contribution in [0.15, 0.2) is 64.5 Å². The van der Waals surface area contributed by atoms with E-state index in [4.69, 9.17) is 5.73 Å². The number of nitrogens with two attached hydrogens (primary N) is 1. The molecule has 0 unspecified atom stereocenters. The molecule has 1 aliphatic rings. The Morgan fingerprint density at radius 1 is 1.14 bits per heavy atom. The summed E-state index contributed by atoms with van der Waals surface area (Å²) in [5, 5.41) is 3.15. The second-order valence-corrected chi connectivity index (χ2v) is 7.33. The Morgan fingerprint density at radius 2 is 1.82 bits per heavy atom. The minimum atomic E-state index is 0.237. The Morgan fingerprint density at radius 3 is 2.45 bits per heavy atom. The molecule has 3 rings (SSSR count). The van der Waals surface area contributed by atoms with Gasteiger partial charge in [0.1, 0.15) is 0 Å². The second kappa shape index (κ2) is 6.44. The van der Waals surface area contributed by atoms with Crippen LogP contribution in [0.2, 0.25) is 0 Å². The summed E-state index contributed by atoms with van der Waals surface area (Å²) in [5.41, 5.74) is 8.21. The standard InChI is InChI=1S/C18H21N3S/c1-14-7-9-15(10-8-14)21-17(19)20-13-18(11-12-18)22-16-5-3-2-4-6-16/h2-10H,11-13H2,1H3,(H3,19,20,21). The van der Waals surface area contributed by atoms with Crippen LogP contribution < -0.4 is 11.1 Å². The molecule has 3 nitrogen and oxygen atoms in total. The lowest BCUT2D eigenvalue weighted by atomic mass is 10.2. The summed E-state index contributed by atoms with van der Waals surface area (Å²) in [7, 11) is 0. The van der Waals surface area contributed by atoms with Gasteiger partial charge in [0.15, 0.2) is 5.96 Å².